The Hall–Kier alpha value is -1.02. The zero-order valence-electron chi connectivity index (χ0n) is 19.3. The summed E-state index contributed by atoms with van der Waals surface area (Å²) in [6.07, 6.45) is 6.87. The first-order valence-corrected chi connectivity index (χ1v) is 14.7. The van der Waals surface area contributed by atoms with Crippen LogP contribution >= 0.6 is 11.8 Å². The van der Waals surface area contributed by atoms with Crippen molar-refractivity contribution in [2.24, 2.45) is 17.8 Å². The van der Waals surface area contributed by atoms with Gasteiger partial charge in [0.1, 0.15) is 0 Å². The number of rotatable bonds is 8. The topological polar surface area (TPSA) is 72.3 Å². The van der Waals surface area contributed by atoms with Crippen LogP contribution in [0.25, 0.3) is 0 Å². The van der Waals surface area contributed by atoms with Crippen LogP contribution in [0.15, 0.2) is 5.16 Å². The summed E-state index contributed by atoms with van der Waals surface area (Å²) in [4.78, 5) is 19.7. The SMILES string of the molecule is CCCN(C(=O)CSc1nc(C)c(C)n1[C@H](C)[C@@H]1C[C@H]2CC[C@H]1C2)[C@H]1CCS(=O)(=O)C1. The number of fused-ring (bicyclic) bond motifs is 2. The van der Waals surface area contributed by atoms with Gasteiger partial charge in [0.15, 0.2) is 15.0 Å². The van der Waals surface area contributed by atoms with Crippen LogP contribution in [0.2, 0.25) is 0 Å². The summed E-state index contributed by atoms with van der Waals surface area (Å²) >= 11 is 1.52. The normalized spacial score (nSPS) is 30.1. The molecule has 0 spiro atoms. The fraction of sp³-hybridized carbons (Fsp3) is 0.826. The lowest BCUT2D eigenvalue weighted by molar-refractivity contribution is -0.130. The van der Waals surface area contributed by atoms with Crippen LogP contribution in [-0.2, 0) is 14.6 Å². The molecule has 3 fully saturated rings. The summed E-state index contributed by atoms with van der Waals surface area (Å²) in [7, 11) is -3.01. The van der Waals surface area contributed by atoms with E-state index in [9.17, 15) is 13.2 Å². The minimum absolute atomic E-state index is 0.0337. The van der Waals surface area contributed by atoms with Crippen molar-refractivity contribution in [1.29, 1.82) is 0 Å². The molecule has 1 amide bonds. The number of carbonyl (C=O) groups excluding carboxylic acids is 1. The highest BCUT2D eigenvalue weighted by Crippen LogP contribution is 2.52. The van der Waals surface area contributed by atoms with Gasteiger partial charge in [0.05, 0.1) is 23.0 Å². The van der Waals surface area contributed by atoms with E-state index in [-0.39, 0.29) is 23.5 Å². The van der Waals surface area contributed by atoms with Gasteiger partial charge in [-0.1, -0.05) is 25.1 Å². The average Bonchev–Trinajstić information content (AvgIpc) is 3.49. The Kier molecular flexibility index (Phi) is 6.78. The number of carbonyl (C=O) groups is 1. The molecule has 1 aromatic heterocycles. The van der Waals surface area contributed by atoms with Gasteiger partial charge in [-0.2, -0.15) is 0 Å². The lowest BCUT2D eigenvalue weighted by Crippen LogP contribution is -2.42. The summed E-state index contributed by atoms with van der Waals surface area (Å²) in [5.74, 6) is 3.11. The first-order chi connectivity index (χ1) is 14.7. The lowest BCUT2D eigenvalue weighted by Gasteiger charge is -2.31. The Morgan fingerprint density at radius 2 is 2.03 bits per heavy atom. The maximum Gasteiger partial charge on any atom is 0.233 e. The number of sulfone groups is 1. The smallest absolute Gasteiger partial charge is 0.233 e. The van der Waals surface area contributed by atoms with E-state index in [0.717, 1.165) is 29.1 Å². The Morgan fingerprint density at radius 3 is 2.61 bits per heavy atom. The highest BCUT2D eigenvalue weighted by molar-refractivity contribution is 7.99. The van der Waals surface area contributed by atoms with Crippen molar-refractivity contribution in [3.63, 3.8) is 0 Å². The maximum atomic E-state index is 13.1. The molecular weight excluding hydrogens is 430 g/mol. The quantitative estimate of drug-likeness (QED) is 0.540. The van der Waals surface area contributed by atoms with Crippen molar-refractivity contribution in [2.45, 2.75) is 83.5 Å². The van der Waals surface area contributed by atoms with Crippen LogP contribution < -0.4 is 0 Å². The van der Waals surface area contributed by atoms with E-state index < -0.39 is 9.84 Å². The molecular formula is C23H37N3O3S2. The zero-order valence-corrected chi connectivity index (χ0v) is 21.0. The van der Waals surface area contributed by atoms with Gasteiger partial charge in [-0.25, -0.2) is 13.4 Å². The summed E-state index contributed by atoms with van der Waals surface area (Å²) in [5.41, 5.74) is 2.25. The second-order valence-corrected chi connectivity index (χ2v) is 13.1. The third-order valence-corrected chi connectivity index (χ3v) is 10.6. The van der Waals surface area contributed by atoms with Crippen molar-refractivity contribution in [1.82, 2.24) is 14.5 Å². The number of thioether (sulfide) groups is 1. The monoisotopic (exact) mass is 467 g/mol. The van der Waals surface area contributed by atoms with Gasteiger partial charge in [0, 0.05) is 24.3 Å². The number of hydrogen-bond donors (Lipinski definition) is 0. The molecule has 0 aromatic carbocycles. The van der Waals surface area contributed by atoms with Crippen LogP contribution in [0, 0.1) is 31.6 Å². The fourth-order valence-electron chi connectivity index (χ4n) is 6.24. The van der Waals surface area contributed by atoms with Gasteiger partial charge in [-0.05, 0) is 70.6 Å². The van der Waals surface area contributed by atoms with Gasteiger partial charge >= 0.3 is 0 Å². The number of nitrogens with zero attached hydrogens (tertiary/aromatic N) is 3. The predicted molar refractivity (Wildman–Crippen MR) is 125 cm³/mol. The molecule has 2 bridgehead atoms. The van der Waals surface area contributed by atoms with E-state index in [4.69, 9.17) is 4.98 Å². The van der Waals surface area contributed by atoms with E-state index in [2.05, 4.69) is 25.3 Å². The molecule has 0 unspecified atom stereocenters. The van der Waals surface area contributed by atoms with E-state index in [1.807, 2.05) is 11.8 Å². The predicted octanol–water partition coefficient (Wildman–Crippen LogP) is 4.01. The first-order valence-electron chi connectivity index (χ1n) is 11.9. The summed E-state index contributed by atoms with van der Waals surface area (Å²) in [6.45, 7) is 9.18. The Morgan fingerprint density at radius 1 is 1.26 bits per heavy atom. The van der Waals surface area contributed by atoms with Crippen LogP contribution in [-0.4, -0.2) is 58.6 Å². The van der Waals surface area contributed by atoms with E-state index >= 15 is 0 Å². The lowest BCUT2D eigenvalue weighted by atomic mass is 9.84. The number of imidazole rings is 1. The van der Waals surface area contributed by atoms with Crippen LogP contribution in [0.1, 0.15) is 69.8 Å². The van der Waals surface area contributed by atoms with E-state index in [1.54, 1.807) is 0 Å². The Labute approximate surface area is 191 Å². The number of aromatic nitrogens is 2. The van der Waals surface area contributed by atoms with Gasteiger partial charge in [-0.15, -0.1) is 0 Å². The third-order valence-electron chi connectivity index (χ3n) is 7.93. The minimum Gasteiger partial charge on any atom is -0.338 e. The number of aryl methyl sites for hydroxylation is 1. The zero-order chi connectivity index (χ0) is 22.3. The van der Waals surface area contributed by atoms with Gasteiger partial charge in [-0.3, -0.25) is 4.79 Å². The Bertz CT molecular complexity index is 927. The van der Waals surface area contributed by atoms with Crippen molar-refractivity contribution in [3.8, 4) is 0 Å². The first kappa shape index (κ1) is 23.1. The largest absolute Gasteiger partial charge is 0.338 e. The Balaban J connectivity index is 1.46. The van der Waals surface area contributed by atoms with Gasteiger partial charge in [0.25, 0.3) is 0 Å². The second kappa shape index (κ2) is 9.08. The average molecular weight is 468 g/mol. The molecule has 31 heavy (non-hydrogen) atoms. The standard InChI is InChI=1S/C23H37N3O3S2/c1-5-9-25(20-8-10-31(28,29)14-20)22(27)13-30-23-24-15(2)16(3)26(23)17(4)21-12-18-6-7-19(21)11-18/h17-21H,5-14H2,1-4H3/t17-,18+,19+,20+,21+/m1/s1. The molecule has 1 aliphatic heterocycles. The van der Waals surface area contributed by atoms with Crippen LogP contribution in [0.5, 0.6) is 0 Å². The molecule has 6 nitrogen and oxygen atoms in total. The summed E-state index contributed by atoms with van der Waals surface area (Å²) in [5, 5.41) is 0.939. The minimum atomic E-state index is -3.01. The highest BCUT2D eigenvalue weighted by atomic mass is 32.2. The van der Waals surface area contributed by atoms with Crippen molar-refractivity contribution >= 4 is 27.5 Å². The van der Waals surface area contributed by atoms with E-state index in [0.29, 0.717) is 30.7 Å². The van der Waals surface area contributed by atoms with Gasteiger partial charge in [0.2, 0.25) is 5.91 Å². The molecule has 2 aliphatic carbocycles. The number of hydrogen-bond acceptors (Lipinski definition) is 5. The molecule has 2 saturated carbocycles. The van der Waals surface area contributed by atoms with Crippen molar-refractivity contribution in [2.75, 3.05) is 23.8 Å². The van der Waals surface area contributed by atoms with Crippen LogP contribution in [0.4, 0.5) is 0 Å². The molecule has 174 valence electrons. The summed E-state index contributed by atoms with van der Waals surface area (Å²) in [6, 6.07) is 0.232. The highest BCUT2D eigenvalue weighted by Gasteiger charge is 2.43. The van der Waals surface area contributed by atoms with Crippen LogP contribution in [0.3, 0.4) is 0 Å². The van der Waals surface area contributed by atoms with Crippen molar-refractivity contribution < 1.29 is 13.2 Å². The molecule has 4 rings (SSSR count). The fourth-order valence-corrected chi connectivity index (χ4v) is 9.03. The molecule has 2 heterocycles. The molecule has 1 saturated heterocycles. The molecule has 3 aliphatic rings. The molecule has 0 N–H and O–H groups in total. The third kappa shape index (κ3) is 4.70. The second-order valence-electron chi connectivity index (χ2n) is 9.95. The molecule has 0 radical (unpaired) electrons. The molecule has 8 heteroatoms. The molecule has 5 atom stereocenters. The van der Waals surface area contributed by atoms with Gasteiger partial charge < -0.3 is 9.47 Å². The number of amides is 1. The van der Waals surface area contributed by atoms with E-state index in [1.165, 1.54) is 43.1 Å². The van der Waals surface area contributed by atoms with Crippen molar-refractivity contribution in [3.05, 3.63) is 11.4 Å². The molecule has 1 aromatic rings. The maximum absolute atomic E-state index is 13.1. The summed E-state index contributed by atoms with van der Waals surface area (Å²) < 4.78 is 26.2.